The van der Waals surface area contributed by atoms with Gasteiger partial charge in [0.25, 0.3) is 0 Å². The van der Waals surface area contributed by atoms with Gasteiger partial charge in [-0.15, -0.1) is 22.6 Å². The number of fused-ring (bicyclic) bond motifs is 1. The Bertz CT molecular complexity index is 1420. The molecule has 0 saturated heterocycles. The number of ketones is 1. The fraction of sp³-hybridized carbons (Fsp3) is 0.519. The molecular formula is C27H39ClN6O6. The molecule has 40 heavy (non-hydrogen) atoms. The van der Waals surface area contributed by atoms with E-state index in [1.807, 2.05) is 41.5 Å². The van der Waals surface area contributed by atoms with Crippen molar-refractivity contribution in [2.45, 2.75) is 53.5 Å². The van der Waals surface area contributed by atoms with Crippen molar-refractivity contribution in [3.63, 3.8) is 0 Å². The highest BCUT2D eigenvalue weighted by atomic mass is 35.5. The van der Waals surface area contributed by atoms with Crippen molar-refractivity contribution in [1.82, 2.24) is 24.3 Å². The van der Waals surface area contributed by atoms with Crippen molar-refractivity contribution in [3.8, 4) is 17.4 Å². The Labute approximate surface area is 240 Å². The second-order valence-electron chi connectivity index (χ2n) is 9.92. The fourth-order valence-electron chi connectivity index (χ4n) is 4.14. The predicted octanol–water partition coefficient (Wildman–Crippen LogP) is 3.19. The molecule has 2 aromatic heterocycles. The van der Waals surface area contributed by atoms with E-state index in [9.17, 15) is 14.7 Å². The molecular weight excluding hydrogens is 540 g/mol. The number of aromatic nitrogens is 4. The summed E-state index contributed by atoms with van der Waals surface area (Å²) in [5.74, 6) is 0.762. The van der Waals surface area contributed by atoms with Gasteiger partial charge in [-0.3, -0.25) is 9.79 Å². The number of ether oxygens (including phenoxy) is 3. The molecule has 12 nitrogen and oxygen atoms in total. The Morgan fingerprint density at radius 2 is 1.80 bits per heavy atom. The van der Waals surface area contributed by atoms with Gasteiger partial charge in [0, 0.05) is 42.9 Å². The number of carbonyl (C=O) groups is 2. The van der Waals surface area contributed by atoms with Crippen molar-refractivity contribution < 1.29 is 28.9 Å². The van der Waals surface area contributed by atoms with Crippen molar-refractivity contribution in [1.29, 1.82) is 0 Å². The molecule has 3 aromatic rings. The lowest BCUT2D eigenvalue weighted by molar-refractivity contribution is 0.0965. The quantitative estimate of drug-likeness (QED) is 0.363. The molecule has 0 aliphatic carbocycles. The highest BCUT2D eigenvalue weighted by molar-refractivity contribution is 5.97. The fourth-order valence-corrected chi connectivity index (χ4v) is 4.14. The zero-order valence-corrected chi connectivity index (χ0v) is 25.2. The summed E-state index contributed by atoms with van der Waals surface area (Å²) >= 11 is 0. The standard InChI is InChI=1S/C27H38N6O6.ClH/c1-9-31(10-2)26(36)39-22-13-17(3)24-30-32(25(28-7)33(24)29-22)16-20(35)18-14-19(27(4,5)6)23(37-8)21(15-18)38-12-11-34;/h13-15,34H,9-12,16H2,1-8H3;1H. The second-order valence-corrected chi connectivity index (χ2v) is 9.92. The highest BCUT2D eigenvalue weighted by Gasteiger charge is 2.26. The lowest BCUT2D eigenvalue weighted by Crippen LogP contribution is -2.33. The van der Waals surface area contributed by atoms with E-state index in [1.54, 1.807) is 32.4 Å². The van der Waals surface area contributed by atoms with Gasteiger partial charge in [0.2, 0.25) is 11.5 Å². The molecule has 0 unspecified atom stereocenters. The predicted molar refractivity (Wildman–Crippen MR) is 152 cm³/mol. The van der Waals surface area contributed by atoms with Gasteiger partial charge in [-0.25, -0.2) is 9.48 Å². The van der Waals surface area contributed by atoms with Crippen LogP contribution in [0.15, 0.2) is 23.2 Å². The van der Waals surface area contributed by atoms with Crippen LogP contribution in [-0.4, -0.2) is 81.7 Å². The molecule has 0 spiro atoms. The number of aryl methyl sites for hydroxylation is 1. The molecule has 0 radical (unpaired) electrons. The first-order valence-electron chi connectivity index (χ1n) is 12.8. The van der Waals surface area contributed by atoms with Gasteiger partial charge in [0.15, 0.2) is 22.9 Å². The first-order chi connectivity index (χ1) is 18.5. The second kappa shape index (κ2) is 13.6. The Morgan fingerprint density at radius 3 is 2.35 bits per heavy atom. The van der Waals surface area contributed by atoms with Crippen LogP contribution in [0, 0.1) is 6.92 Å². The number of benzene rings is 1. The summed E-state index contributed by atoms with van der Waals surface area (Å²) in [6.07, 6.45) is -0.502. The Kier molecular flexibility index (Phi) is 11.1. The molecule has 3 rings (SSSR count). The maximum atomic E-state index is 13.5. The maximum absolute atomic E-state index is 13.5. The largest absolute Gasteiger partial charge is 0.493 e. The smallest absolute Gasteiger partial charge is 0.416 e. The Balaban J connectivity index is 0.00000560. The number of hydrogen-bond acceptors (Lipinski definition) is 9. The molecule has 0 fully saturated rings. The van der Waals surface area contributed by atoms with E-state index in [1.165, 1.54) is 14.1 Å². The summed E-state index contributed by atoms with van der Waals surface area (Å²) in [5.41, 5.74) is 2.33. The average molecular weight is 579 g/mol. The van der Waals surface area contributed by atoms with E-state index in [4.69, 9.17) is 14.2 Å². The topological polar surface area (TPSA) is 133 Å². The van der Waals surface area contributed by atoms with Crippen LogP contribution in [0.25, 0.3) is 5.65 Å². The zero-order valence-electron chi connectivity index (χ0n) is 24.3. The molecule has 0 bridgehead atoms. The monoisotopic (exact) mass is 578 g/mol. The van der Waals surface area contributed by atoms with Crippen LogP contribution in [0.3, 0.4) is 0 Å². The van der Waals surface area contributed by atoms with Gasteiger partial charge >= 0.3 is 6.09 Å². The lowest BCUT2D eigenvalue weighted by atomic mass is 9.84. The van der Waals surface area contributed by atoms with E-state index >= 15 is 0 Å². The number of Topliss-reactive ketones (excluding diaryl/α,β-unsaturated/α-hetero) is 1. The van der Waals surface area contributed by atoms with Gasteiger partial charge in [0.1, 0.15) is 13.2 Å². The van der Waals surface area contributed by atoms with Gasteiger partial charge < -0.3 is 24.2 Å². The molecule has 0 atom stereocenters. The number of aliphatic hydroxyl groups is 1. The van der Waals surface area contributed by atoms with Gasteiger partial charge in [-0.05, 0) is 38.3 Å². The Morgan fingerprint density at radius 1 is 1.12 bits per heavy atom. The summed E-state index contributed by atoms with van der Waals surface area (Å²) in [5, 5.41) is 18.3. The third-order valence-corrected chi connectivity index (χ3v) is 6.17. The normalized spacial score (nSPS) is 11.8. The Hall–Kier alpha value is -3.64. The highest BCUT2D eigenvalue weighted by Crippen LogP contribution is 2.40. The molecule has 1 N–H and O–H groups in total. The van der Waals surface area contributed by atoms with Crippen LogP contribution in [0.2, 0.25) is 0 Å². The summed E-state index contributed by atoms with van der Waals surface area (Å²) in [6, 6.07) is 5.03. The van der Waals surface area contributed by atoms with Crippen molar-refractivity contribution >= 4 is 29.9 Å². The van der Waals surface area contributed by atoms with Crippen LogP contribution in [0.4, 0.5) is 4.79 Å². The number of hydrogen-bond donors (Lipinski definition) is 1. The van der Waals surface area contributed by atoms with Crippen LogP contribution in [0.5, 0.6) is 17.4 Å². The van der Waals surface area contributed by atoms with E-state index in [0.29, 0.717) is 47.0 Å². The average Bonchev–Trinajstić information content (AvgIpc) is 3.24. The van der Waals surface area contributed by atoms with Crippen molar-refractivity contribution in [3.05, 3.63) is 40.5 Å². The molecule has 220 valence electrons. The van der Waals surface area contributed by atoms with E-state index in [2.05, 4.69) is 15.2 Å². The number of halogens is 1. The van der Waals surface area contributed by atoms with Crippen LogP contribution in [-0.2, 0) is 12.0 Å². The number of amides is 1. The van der Waals surface area contributed by atoms with Gasteiger partial charge in [-0.2, -0.15) is 4.52 Å². The lowest BCUT2D eigenvalue weighted by Gasteiger charge is -2.25. The van der Waals surface area contributed by atoms with E-state index < -0.39 is 6.09 Å². The number of aliphatic hydroxyl groups excluding tert-OH is 1. The summed E-state index contributed by atoms with van der Waals surface area (Å²) in [6.45, 7) is 12.4. The summed E-state index contributed by atoms with van der Waals surface area (Å²) in [4.78, 5) is 31.8. The van der Waals surface area contributed by atoms with E-state index in [-0.39, 0.29) is 49.2 Å². The third kappa shape index (κ3) is 6.92. The summed E-state index contributed by atoms with van der Waals surface area (Å²) < 4.78 is 19.7. The number of carbonyl (C=O) groups excluding carboxylic acids is 2. The van der Waals surface area contributed by atoms with Crippen molar-refractivity contribution in [2.75, 3.05) is 40.5 Å². The minimum atomic E-state index is -0.502. The molecule has 2 heterocycles. The van der Waals surface area contributed by atoms with Gasteiger partial charge in [0.05, 0.1) is 13.7 Å². The molecule has 13 heteroatoms. The summed E-state index contributed by atoms with van der Waals surface area (Å²) in [7, 11) is 3.12. The van der Waals surface area contributed by atoms with Crippen LogP contribution in [0.1, 0.15) is 56.1 Å². The molecule has 1 aromatic carbocycles. The molecule has 0 aliphatic heterocycles. The number of rotatable bonds is 10. The molecule has 1 amide bonds. The minimum absolute atomic E-state index is 0. The zero-order chi connectivity index (χ0) is 28.9. The van der Waals surface area contributed by atoms with Gasteiger partial charge in [-0.1, -0.05) is 20.8 Å². The maximum Gasteiger partial charge on any atom is 0.416 e. The van der Waals surface area contributed by atoms with E-state index in [0.717, 1.165) is 5.56 Å². The first-order valence-corrected chi connectivity index (χ1v) is 12.8. The van der Waals surface area contributed by atoms with Crippen molar-refractivity contribution in [2.24, 2.45) is 4.99 Å². The minimum Gasteiger partial charge on any atom is -0.493 e. The number of nitrogens with zero attached hydrogens (tertiary/aromatic N) is 6. The number of methoxy groups -OCH3 is 1. The molecule has 0 saturated carbocycles. The van der Waals surface area contributed by atoms with Crippen LogP contribution < -0.4 is 19.8 Å². The molecule has 0 aliphatic rings. The van der Waals surface area contributed by atoms with Crippen LogP contribution >= 0.6 is 12.4 Å². The SMILES string of the molecule is CCN(CC)C(=O)Oc1cc(C)c2nn(CC(=O)c3cc(OCCO)c(OC)c(C(C)(C)C)c3)c(=NC)n2n1.Cl. The first kappa shape index (κ1) is 32.6. The third-order valence-electron chi connectivity index (χ3n) is 6.17.